The van der Waals surface area contributed by atoms with E-state index >= 15 is 0 Å². The largest absolute Gasteiger partial charge is 0.355 e. The number of carbonyl (C=O) groups is 2. The van der Waals surface area contributed by atoms with Crippen LogP contribution >= 0.6 is 23.1 Å². The van der Waals surface area contributed by atoms with Gasteiger partial charge in [-0.15, -0.1) is 10.2 Å². The van der Waals surface area contributed by atoms with Gasteiger partial charge in [-0.1, -0.05) is 47.2 Å². The van der Waals surface area contributed by atoms with Crippen molar-refractivity contribution in [3.05, 3.63) is 34.8 Å². The number of nitrogens with one attached hydrogen (secondary N) is 2. The van der Waals surface area contributed by atoms with E-state index < -0.39 is 0 Å². The first kappa shape index (κ1) is 21.7. The maximum absolute atomic E-state index is 12.3. The smallest absolute Gasteiger partial charge is 0.286 e. The van der Waals surface area contributed by atoms with Crippen LogP contribution < -0.4 is 10.6 Å². The summed E-state index contributed by atoms with van der Waals surface area (Å²) in [5.74, 6) is -0.0346. The van der Waals surface area contributed by atoms with Gasteiger partial charge >= 0.3 is 0 Å². The summed E-state index contributed by atoms with van der Waals surface area (Å²) in [5, 5.41) is 14.0. The Labute approximate surface area is 179 Å². The van der Waals surface area contributed by atoms with Crippen LogP contribution in [-0.2, 0) is 4.79 Å². The molecule has 0 atom stereocenters. The minimum atomic E-state index is -0.291. The molecule has 0 bridgehead atoms. The first-order valence-electron chi connectivity index (χ1n) is 9.93. The van der Waals surface area contributed by atoms with Crippen LogP contribution in [0.3, 0.4) is 0 Å². The number of anilines is 1. The topological polar surface area (TPSA) is 87.2 Å². The van der Waals surface area contributed by atoms with Crippen molar-refractivity contribution in [1.29, 1.82) is 0 Å². The van der Waals surface area contributed by atoms with Gasteiger partial charge in [0.05, 0.1) is 5.75 Å². The van der Waals surface area contributed by atoms with E-state index in [1.807, 2.05) is 31.2 Å². The first-order chi connectivity index (χ1) is 14.1. The lowest BCUT2D eigenvalue weighted by Gasteiger charge is -2.26. The predicted octanol–water partition coefficient (Wildman–Crippen LogP) is 3.18. The van der Waals surface area contributed by atoms with E-state index in [9.17, 15) is 9.59 Å². The number of hydrogen-bond donors (Lipinski definition) is 2. The number of rotatable bonds is 9. The van der Waals surface area contributed by atoms with E-state index in [0.29, 0.717) is 16.6 Å². The number of thioether (sulfide) groups is 1. The molecular formula is C20H27N5O2S2. The number of aryl methyl sites for hydroxylation is 1. The molecule has 0 radical (unpaired) electrons. The Morgan fingerprint density at radius 1 is 1.14 bits per heavy atom. The number of piperidine rings is 1. The Balaban J connectivity index is 1.34. The Bertz CT molecular complexity index is 803. The first-order valence-corrected chi connectivity index (χ1v) is 11.7. The fourth-order valence-electron chi connectivity index (χ4n) is 3.07. The summed E-state index contributed by atoms with van der Waals surface area (Å²) in [7, 11) is 0. The SMILES string of the molecule is Cc1ccc(NC(=O)c2nnc(SCC(=O)NCCCN3CCCCC3)s2)cc1. The number of hydrogen-bond acceptors (Lipinski definition) is 7. The minimum Gasteiger partial charge on any atom is -0.355 e. The summed E-state index contributed by atoms with van der Waals surface area (Å²) >= 11 is 2.50. The van der Waals surface area contributed by atoms with Crippen LogP contribution in [0.4, 0.5) is 5.69 Å². The molecule has 3 rings (SSSR count). The highest BCUT2D eigenvalue weighted by Gasteiger charge is 2.15. The number of likely N-dealkylation sites (tertiary alicyclic amines) is 1. The minimum absolute atomic E-state index is 0.0190. The van der Waals surface area contributed by atoms with Crippen LogP contribution in [0.15, 0.2) is 28.6 Å². The second kappa shape index (κ2) is 11.3. The average molecular weight is 434 g/mol. The maximum atomic E-state index is 12.3. The maximum Gasteiger partial charge on any atom is 0.286 e. The molecule has 1 aromatic heterocycles. The summed E-state index contributed by atoms with van der Waals surface area (Å²) in [6, 6.07) is 7.56. The van der Waals surface area contributed by atoms with Crippen molar-refractivity contribution in [2.45, 2.75) is 36.9 Å². The number of amides is 2. The van der Waals surface area contributed by atoms with Crippen molar-refractivity contribution < 1.29 is 9.59 Å². The van der Waals surface area contributed by atoms with E-state index in [1.165, 1.54) is 55.5 Å². The third kappa shape index (κ3) is 7.41. The quantitative estimate of drug-likeness (QED) is 0.467. The van der Waals surface area contributed by atoms with E-state index in [4.69, 9.17) is 0 Å². The van der Waals surface area contributed by atoms with Gasteiger partial charge in [0.15, 0.2) is 4.34 Å². The zero-order valence-electron chi connectivity index (χ0n) is 16.6. The number of benzene rings is 1. The zero-order valence-corrected chi connectivity index (χ0v) is 18.3. The Morgan fingerprint density at radius 3 is 2.66 bits per heavy atom. The third-order valence-corrected chi connectivity index (χ3v) is 6.71. The van der Waals surface area contributed by atoms with Crippen LogP contribution in [-0.4, -0.2) is 58.8 Å². The second-order valence-electron chi connectivity index (χ2n) is 7.09. The van der Waals surface area contributed by atoms with Crippen molar-refractivity contribution in [2.75, 3.05) is 37.2 Å². The summed E-state index contributed by atoms with van der Waals surface area (Å²) in [4.78, 5) is 26.7. The van der Waals surface area contributed by atoms with Crippen molar-refractivity contribution >= 4 is 40.6 Å². The van der Waals surface area contributed by atoms with Crippen molar-refractivity contribution in [1.82, 2.24) is 20.4 Å². The molecule has 156 valence electrons. The summed E-state index contributed by atoms with van der Waals surface area (Å²) in [5.41, 5.74) is 1.84. The standard InChI is InChI=1S/C20H27N5O2S2/c1-15-6-8-16(9-7-15)22-18(27)19-23-24-20(29-19)28-14-17(26)21-10-5-13-25-11-3-2-4-12-25/h6-9H,2-5,10-14H2,1H3,(H,21,26)(H,22,27). The van der Waals surface area contributed by atoms with Gasteiger partial charge in [0.1, 0.15) is 0 Å². The molecule has 7 nitrogen and oxygen atoms in total. The Morgan fingerprint density at radius 2 is 1.90 bits per heavy atom. The monoisotopic (exact) mass is 433 g/mol. The molecule has 1 aliphatic rings. The highest BCUT2D eigenvalue weighted by atomic mass is 32.2. The molecule has 0 aliphatic carbocycles. The molecule has 0 unspecified atom stereocenters. The van der Waals surface area contributed by atoms with E-state index in [0.717, 1.165) is 18.5 Å². The van der Waals surface area contributed by atoms with Gasteiger partial charge in [-0.3, -0.25) is 9.59 Å². The predicted molar refractivity (Wildman–Crippen MR) is 118 cm³/mol. The number of aromatic nitrogens is 2. The molecule has 1 saturated heterocycles. The Hall–Kier alpha value is -1.97. The van der Waals surface area contributed by atoms with Crippen LogP contribution in [0, 0.1) is 6.92 Å². The van der Waals surface area contributed by atoms with Gasteiger partial charge in [-0.25, -0.2) is 0 Å². The van der Waals surface area contributed by atoms with Crippen LogP contribution in [0.2, 0.25) is 0 Å². The molecule has 2 heterocycles. The van der Waals surface area contributed by atoms with Gasteiger partial charge in [0, 0.05) is 12.2 Å². The molecule has 29 heavy (non-hydrogen) atoms. The molecule has 1 aliphatic heterocycles. The Kier molecular flexibility index (Phi) is 8.45. The van der Waals surface area contributed by atoms with Crippen LogP contribution in [0.5, 0.6) is 0 Å². The van der Waals surface area contributed by atoms with Gasteiger partial charge in [-0.2, -0.15) is 0 Å². The van der Waals surface area contributed by atoms with Crippen molar-refractivity contribution in [3.63, 3.8) is 0 Å². The van der Waals surface area contributed by atoms with E-state index in [-0.39, 0.29) is 22.6 Å². The van der Waals surface area contributed by atoms with E-state index in [1.54, 1.807) is 0 Å². The lowest BCUT2D eigenvalue weighted by molar-refractivity contribution is -0.118. The van der Waals surface area contributed by atoms with Crippen LogP contribution in [0.1, 0.15) is 41.0 Å². The average Bonchev–Trinajstić information content (AvgIpc) is 3.21. The van der Waals surface area contributed by atoms with Crippen LogP contribution in [0.25, 0.3) is 0 Å². The highest BCUT2D eigenvalue weighted by Crippen LogP contribution is 2.23. The molecule has 2 amide bonds. The lowest BCUT2D eigenvalue weighted by atomic mass is 10.1. The van der Waals surface area contributed by atoms with Gasteiger partial charge in [0.2, 0.25) is 10.9 Å². The fraction of sp³-hybridized carbons (Fsp3) is 0.500. The number of carbonyl (C=O) groups excluding carboxylic acids is 2. The van der Waals surface area contributed by atoms with Gasteiger partial charge < -0.3 is 15.5 Å². The lowest BCUT2D eigenvalue weighted by Crippen LogP contribution is -2.33. The van der Waals surface area contributed by atoms with E-state index in [2.05, 4.69) is 25.7 Å². The van der Waals surface area contributed by atoms with Crippen molar-refractivity contribution in [3.8, 4) is 0 Å². The molecular weight excluding hydrogens is 406 g/mol. The second-order valence-corrected chi connectivity index (χ2v) is 9.29. The molecule has 0 spiro atoms. The fourth-order valence-corrected chi connectivity index (χ4v) is 4.65. The molecule has 2 N–H and O–H groups in total. The van der Waals surface area contributed by atoms with Crippen molar-refractivity contribution in [2.24, 2.45) is 0 Å². The normalized spacial score (nSPS) is 14.5. The summed E-state index contributed by atoms with van der Waals surface area (Å²) in [6.45, 7) is 6.09. The highest BCUT2D eigenvalue weighted by molar-refractivity contribution is 8.01. The van der Waals surface area contributed by atoms with Gasteiger partial charge in [0.25, 0.3) is 5.91 Å². The molecule has 9 heteroatoms. The molecule has 0 saturated carbocycles. The molecule has 2 aromatic rings. The summed E-state index contributed by atoms with van der Waals surface area (Å²) in [6.07, 6.45) is 4.88. The third-order valence-electron chi connectivity index (χ3n) is 4.66. The molecule has 1 fully saturated rings. The number of nitrogens with zero attached hydrogens (tertiary/aromatic N) is 3. The zero-order chi connectivity index (χ0) is 20.5. The van der Waals surface area contributed by atoms with Gasteiger partial charge in [-0.05, 0) is 58.0 Å². The summed E-state index contributed by atoms with van der Waals surface area (Å²) < 4.78 is 0.613. The molecule has 1 aromatic carbocycles.